The summed E-state index contributed by atoms with van der Waals surface area (Å²) in [5.41, 5.74) is 2.29. The van der Waals surface area contributed by atoms with E-state index in [4.69, 9.17) is 5.11 Å². The van der Waals surface area contributed by atoms with Crippen molar-refractivity contribution >= 4 is 17.6 Å². The van der Waals surface area contributed by atoms with Gasteiger partial charge in [0.25, 0.3) is 0 Å². The summed E-state index contributed by atoms with van der Waals surface area (Å²) in [5.74, 6) is -2.23. The maximum absolute atomic E-state index is 11.6. The van der Waals surface area contributed by atoms with Crippen LogP contribution in [0.4, 0.5) is 5.69 Å². The zero-order valence-corrected chi connectivity index (χ0v) is 12.0. The number of carbonyl (C=O) groups is 2. The molecule has 0 radical (unpaired) electrons. The van der Waals surface area contributed by atoms with Crippen molar-refractivity contribution in [1.29, 1.82) is 0 Å². The van der Waals surface area contributed by atoms with Gasteiger partial charge in [-0.15, -0.1) is 0 Å². The highest BCUT2D eigenvalue weighted by Crippen LogP contribution is 2.13. The van der Waals surface area contributed by atoms with E-state index >= 15 is 0 Å². The van der Waals surface area contributed by atoms with Crippen LogP contribution in [0.1, 0.15) is 18.3 Å². The Hall–Kier alpha value is -2.70. The molecule has 0 aliphatic rings. The molecular formula is C14H16N4O3. The standard InChI is InChI=1S/C14H16N4O3/c1-8-6-9(2)18(17-8)12-5-4-11(7-15-12)16-13(19)10(3)14(20)21/h4-7,10H,1-3H3,(H,16,19)(H,20,21). The number of aliphatic carboxylic acids is 1. The summed E-state index contributed by atoms with van der Waals surface area (Å²) in [4.78, 5) is 26.6. The molecule has 2 aromatic rings. The molecular weight excluding hydrogens is 272 g/mol. The molecule has 0 spiro atoms. The predicted molar refractivity (Wildman–Crippen MR) is 76.3 cm³/mol. The largest absolute Gasteiger partial charge is 0.481 e. The normalized spacial score (nSPS) is 12.0. The number of hydrogen-bond acceptors (Lipinski definition) is 4. The van der Waals surface area contributed by atoms with Gasteiger partial charge in [-0.1, -0.05) is 0 Å². The highest BCUT2D eigenvalue weighted by atomic mass is 16.4. The lowest BCUT2D eigenvalue weighted by Gasteiger charge is -2.09. The van der Waals surface area contributed by atoms with Crippen molar-refractivity contribution in [1.82, 2.24) is 14.8 Å². The molecule has 2 N–H and O–H groups in total. The van der Waals surface area contributed by atoms with Crippen LogP contribution in [0.25, 0.3) is 5.82 Å². The van der Waals surface area contributed by atoms with Gasteiger partial charge in [0.1, 0.15) is 5.92 Å². The number of hydrogen-bond donors (Lipinski definition) is 2. The smallest absolute Gasteiger partial charge is 0.315 e. The van der Waals surface area contributed by atoms with Gasteiger partial charge in [0.15, 0.2) is 5.82 Å². The lowest BCUT2D eigenvalue weighted by Crippen LogP contribution is -2.26. The lowest BCUT2D eigenvalue weighted by atomic mass is 10.1. The van der Waals surface area contributed by atoms with Crippen LogP contribution >= 0.6 is 0 Å². The first-order chi connectivity index (χ1) is 9.88. The first kappa shape index (κ1) is 14.7. The first-order valence-electron chi connectivity index (χ1n) is 6.42. The van der Waals surface area contributed by atoms with Crippen LogP contribution in [-0.4, -0.2) is 31.7 Å². The minimum absolute atomic E-state index is 0.443. The molecule has 110 valence electrons. The van der Waals surface area contributed by atoms with Crippen molar-refractivity contribution in [3.63, 3.8) is 0 Å². The van der Waals surface area contributed by atoms with Crippen LogP contribution < -0.4 is 5.32 Å². The lowest BCUT2D eigenvalue weighted by molar-refractivity contribution is -0.144. The molecule has 0 aromatic carbocycles. The molecule has 0 aliphatic carbocycles. The number of nitrogens with zero attached hydrogens (tertiary/aromatic N) is 3. The van der Waals surface area contributed by atoms with E-state index in [1.807, 2.05) is 19.9 Å². The van der Waals surface area contributed by atoms with Crippen molar-refractivity contribution in [2.45, 2.75) is 20.8 Å². The van der Waals surface area contributed by atoms with Crippen molar-refractivity contribution in [3.05, 3.63) is 35.8 Å². The average Bonchev–Trinajstić information content (AvgIpc) is 2.77. The minimum Gasteiger partial charge on any atom is -0.481 e. The van der Waals surface area contributed by atoms with Crippen LogP contribution in [0, 0.1) is 19.8 Å². The average molecular weight is 288 g/mol. The van der Waals surface area contributed by atoms with E-state index in [1.54, 1.807) is 16.8 Å². The second kappa shape index (κ2) is 5.74. The molecule has 0 aliphatic heterocycles. The van der Waals surface area contributed by atoms with Crippen molar-refractivity contribution < 1.29 is 14.7 Å². The number of pyridine rings is 1. The third-order valence-corrected chi connectivity index (χ3v) is 3.01. The van der Waals surface area contributed by atoms with E-state index in [0.717, 1.165) is 11.4 Å². The van der Waals surface area contributed by atoms with Gasteiger partial charge in [-0.05, 0) is 39.0 Å². The van der Waals surface area contributed by atoms with Gasteiger partial charge in [0.2, 0.25) is 5.91 Å². The molecule has 2 rings (SSSR count). The topological polar surface area (TPSA) is 97.1 Å². The van der Waals surface area contributed by atoms with E-state index in [0.29, 0.717) is 11.5 Å². The Morgan fingerprint density at radius 3 is 2.52 bits per heavy atom. The van der Waals surface area contributed by atoms with Crippen molar-refractivity contribution in [2.75, 3.05) is 5.32 Å². The van der Waals surface area contributed by atoms with E-state index in [2.05, 4.69) is 15.4 Å². The molecule has 0 saturated heterocycles. The van der Waals surface area contributed by atoms with Gasteiger partial charge in [-0.25, -0.2) is 9.67 Å². The number of carboxylic acids is 1. The number of anilines is 1. The Bertz CT molecular complexity index is 676. The third-order valence-electron chi connectivity index (χ3n) is 3.01. The van der Waals surface area contributed by atoms with Gasteiger partial charge in [0.05, 0.1) is 17.6 Å². The van der Waals surface area contributed by atoms with E-state index in [1.165, 1.54) is 13.1 Å². The van der Waals surface area contributed by atoms with Gasteiger partial charge >= 0.3 is 5.97 Å². The Labute approximate surface area is 121 Å². The van der Waals surface area contributed by atoms with Gasteiger partial charge in [-0.3, -0.25) is 9.59 Å². The van der Waals surface area contributed by atoms with Crippen molar-refractivity contribution in [2.24, 2.45) is 5.92 Å². The molecule has 7 nitrogen and oxygen atoms in total. The van der Waals surface area contributed by atoms with Crippen molar-refractivity contribution in [3.8, 4) is 5.82 Å². The summed E-state index contributed by atoms with van der Waals surface area (Å²) < 4.78 is 1.70. The second-order valence-electron chi connectivity index (χ2n) is 4.79. The third kappa shape index (κ3) is 3.25. The summed E-state index contributed by atoms with van der Waals surface area (Å²) in [6.07, 6.45) is 1.47. The number of aryl methyl sites for hydroxylation is 2. The van der Waals surface area contributed by atoms with Crippen LogP contribution in [0.5, 0.6) is 0 Å². The monoisotopic (exact) mass is 288 g/mol. The molecule has 2 aromatic heterocycles. The maximum Gasteiger partial charge on any atom is 0.315 e. The Morgan fingerprint density at radius 1 is 1.33 bits per heavy atom. The SMILES string of the molecule is Cc1cc(C)n(-c2ccc(NC(=O)C(C)C(=O)O)cn2)n1. The predicted octanol–water partition coefficient (Wildman–Crippen LogP) is 1.54. The molecule has 0 saturated carbocycles. The highest BCUT2D eigenvalue weighted by Gasteiger charge is 2.20. The molecule has 1 atom stereocenters. The fourth-order valence-corrected chi connectivity index (χ4v) is 1.81. The summed E-state index contributed by atoms with van der Waals surface area (Å²) in [7, 11) is 0. The van der Waals surface area contributed by atoms with Crippen LogP contribution in [0.2, 0.25) is 0 Å². The first-order valence-corrected chi connectivity index (χ1v) is 6.42. The molecule has 7 heteroatoms. The van der Waals surface area contributed by atoms with Crippen LogP contribution in [0.15, 0.2) is 24.4 Å². The number of aromatic nitrogens is 3. The zero-order valence-electron chi connectivity index (χ0n) is 12.0. The zero-order chi connectivity index (χ0) is 15.6. The molecule has 1 unspecified atom stereocenters. The molecule has 21 heavy (non-hydrogen) atoms. The minimum atomic E-state index is -1.17. The molecule has 2 heterocycles. The van der Waals surface area contributed by atoms with Crippen LogP contribution in [-0.2, 0) is 9.59 Å². The fraction of sp³-hybridized carbons (Fsp3) is 0.286. The maximum atomic E-state index is 11.6. The van der Waals surface area contributed by atoms with E-state index < -0.39 is 17.8 Å². The van der Waals surface area contributed by atoms with Crippen LogP contribution in [0.3, 0.4) is 0 Å². The Kier molecular flexibility index (Phi) is 4.02. The van der Waals surface area contributed by atoms with E-state index in [9.17, 15) is 9.59 Å². The molecule has 0 bridgehead atoms. The Balaban J connectivity index is 2.14. The number of amides is 1. The number of carboxylic acid groups (broad SMARTS) is 1. The molecule has 1 amide bonds. The number of carbonyl (C=O) groups excluding carboxylic acids is 1. The quantitative estimate of drug-likeness (QED) is 0.832. The summed E-state index contributed by atoms with van der Waals surface area (Å²) in [6.45, 7) is 5.15. The molecule has 0 fully saturated rings. The second-order valence-corrected chi connectivity index (χ2v) is 4.79. The van der Waals surface area contributed by atoms with E-state index in [-0.39, 0.29) is 0 Å². The summed E-state index contributed by atoms with van der Waals surface area (Å²) >= 11 is 0. The summed E-state index contributed by atoms with van der Waals surface area (Å²) in [6, 6.07) is 5.30. The number of nitrogens with one attached hydrogen (secondary N) is 1. The number of rotatable bonds is 4. The Morgan fingerprint density at radius 2 is 2.05 bits per heavy atom. The van der Waals surface area contributed by atoms with Gasteiger partial charge in [-0.2, -0.15) is 5.10 Å². The fourth-order valence-electron chi connectivity index (χ4n) is 1.81. The van der Waals surface area contributed by atoms with Gasteiger partial charge in [0, 0.05) is 5.69 Å². The van der Waals surface area contributed by atoms with Gasteiger partial charge < -0.3 is 10.4 Å². The highest BCUT2D eigenvalue weighted by molar-refractivity contribution is 6.03. The summed E-state index contributed by atoms with van der Waals surface area (Å²) in [5, 5.41) is 15.6.